The van der Waals surface area contributed by atoms with E-state index in [1.165, 1.54) is 103 Å². The first-order valence-corrected chi connectivity index (χ1v) is 18.5. The molecule has 2 atom stereocenters. The van der Waals surface area contributed by atoms with E-state index < -0.39 is 42.3 Å². The first-order chi connectivity index (χ1) is 22.9. The number of carbonyl (C=O) groups is 6. The molecule has 0 aromatic carbocycles. The van der Waals surface area contributed by atoms with Gasteiger partial charge in [-0.25, -0.2) is 9.59 Å². The van der Waals surface area contributed by atoms with Crippen LogP contribution in [0.2, 0.25) is 0 Å². The molecule has 12 nitrogen and oxygen atoms in total. The number of carbonyl (C=O) groups excluding carboxylic acids is 3. The van der Waals surface area contributed by atoms with E-state index in [0.29, 0.717) is 12.8 Å². The fraction of sp³-hybridized carbons (Fsp3) is 0.833. The number of nitrogens with one attached hydrogen (secondary N) is 2. The van der Waals surface area contributed by atoms with Crippen molar-refractivity contribution in [1.82, 2.24) is 10.6 Å². The van der Waals surface area contributed by atoms with Crippen LogP contribution in [0, 0.1) is 0 Å². The Morgan fingerprint density at radius 1 is 0.469 bits per heavy atom. The molecule has 0 aliphatic rings. The van der Waals surface area contributed by atoms with Crippen molar-refractivity contribution in [3.05, 3.63) is 0 Å². The third-order valence-electron chi connectivity index (χ3n) is 8.07. The molecule has 0 bridgehead atoms. The summed E-state index contributed by atoms with van der Waals surface area (Å²) in [6.07, 6.45) is 25.7. The summed E-state index contributed by atoms with van der Waals surface area (Å²) in [6.45, 7) is 4.44. The molecule has 0 aliphatic carbocycles. The zero-order valence-corrected chi connectivity index (χ0v) is 32.9. The van der Waals surface area contributed by atoms with Crippen LogP contribution < -0.4 is 16.4 Å². The summed E-state index contributed by atoms with van der Waals surface area (Å²) < 4.78 is 0. The summed E-state index contributed by atoms with van der Waals surface area (Å²) >= 11 is 0. The van der Waals surface area contributed by atoms with Crippen LogP contribution in [0.15, 0.2) is 0 Å². The van der Waals surface area contributed by atoms with Gasteiger partial charge in [-0.15, -0.1) is 0 Å². The number of primary amides is 1. The number of unbranched alkanes of at least 4 members (excludes halogenated alkanes) is 20. The maximum absolute atomic E-state index is 11.7. The molecule has 3 amide bonds. The molecule has 0 unspecified atom stereocenters. The smallest absolute Gasteiger partial charge is 0.326 e. The van der Waals surface area contributed by atoms with Gasteiger partial charge < -0.3 is 31.7 Å². The molecule has 0 saturated heterocycles. The monoisotopic (exact) mass is 708 g/mol. The Morgan fingerprint density at radius 2 is 0.735 bits per heavy atom. The summed E-state index contributed by atoms with van der Waals surface area (Å²) in [5.41, 5.74) is 4.97. The normalized spacial score (nSPS) is 11.6. The number of hydrogen-bond acceptors (Lipinski definition) is 6. The van der Waals surface area contributed by atoms with Gasteiger partial charge in [0.2, 0.25) is 17.7 Å². The molecule has 1 radical (unpaired) electrons. The predicted octanol–water partition coefficient (Wildman–Crippen LogP) is 6.48. The van der Waals surface area contributed by atoms with Crippen LogP contribution in [0.4, 0.5) is 0 Å². The van der Waals surface area contributed by atoms with Crippen LogP contribution in [0.1, 0.15) is 181 Å². The Morgan fingerprint density at radius 3 is 0.980 bits per heavy atom. The maximum Gasteiger partial charge on any atom is 0.326 e. The van der Waals surface area contributed by atoms with E-state index in [-0.39, 0.29) is 54.2 Å². The van der Waals surface area contributed by atoms with Gasteiger partial charge in [-0.1, -0.05) is 142 Å². The number of amides is 3. The Bertz CT molecular complexity index is 820. The summed E-state index contributed by atoms with van der Waals surface area (Å²) in [4.78, 5) is 66.4. The molecule has 7 N–H and O–H groups in total. The van der Waals surface area contributed by atoms with Crippen LogP contribution in [0.5, 0.6) is 0 Å². The Hall–Kier alpha value is -2.18. The second-order valence-corrected chi connectivity index (χ2v) is 12.8. The van der Waals surface area contributed by atoms with Crippen LogP contribution >= 0.6 is 0 Å². The standard InChI is InChI=1S/C18H34N2O4.C18H33NO5.Na/c1-2-3-4-5-6-7-8-9-10-11-12-13-17(22)20-15(18(23)24)14-16(19)21;1-2-3-4-5-6-7-8-9-10-11-12-13-16(20)19-15(18(23)24)14-17(21)22;/h15H,2-14H2,1H3,(H2,19,21)(H,20,22)(H,23,24);15H,2-14H2,1H3,(H,19,20)(H,21,22)(H,23,24);/t2*15-;/m00./s1. The molecule has 0 rings (SSSR count). The molecular weight excluding hydrogens is 641 g/mol. The van der Waals surface area contributed by atoms with Gasteiger partial charge in [-0.2, -0.15) is 0 Å². The van der Waals surface area contributed by atoms with E-state index in [4.69, 9.17) is 21.1 Å². The molecule has 281 valence electrons. The fourth-order valence-corrected chi connectivity index (χ4v) is 5.21. The first kappa shape index (κ1) is 51.2. The molecular formula is C36H67N3NaO9. The second kappa shape index (κ2) is 37.1. The quantitative estimate of drug-likeness (QED) is 0.0333. The van der Waals surface area contributed by atoms with Crippen LogP contribution in [-0.4, -0.2) is 92.6 Å². The van der Waals surface area contributed by atoms with Gasteiger partial charge in [0.15, 0.2) is 0 Å². The average molecular weight is 709 g/mol. The number of rotatable bonds is 32. The van der Waals surface area contributed by atoms with Crippen molar-refractivity contribution >= 4 is 65.2 Å². The molecule has 49 heavy (non-hydrogen) atoms. The first-order valence-electron chi connectivity index (χ1n) is 18.5. The van der Waals surface area contributed by atoms with Crippen molar-refractivity contribution in [2.24, 2.45) is 5.73 Å². The fourth-order valence-electron chi connectivity index (χ4n) is 5.21. The minimum Gasteiger partial charge on any atom is -0.481 e. The Balaban J connectivity index is -0.000000846. The van der Waals surface area contributed by atoms with Crippen LogP contribution in [0.3, 0.4) is 0 Å². The number of carboxylic acids is 3. The molecule has 0 spiro atoms. The molecule has 0 aromatic heterocycles. The predicted molar refractivity (Wildman–Crippen MR) is 193 cm³/mol. The van der Waals surface area contributed by atoms with E-state index in [1.54, 1.807) is 0 Å². The summed E-state index contributed by atoms with van der Waals surface area (Å²) in [5, 5.41) is 31.0. The van der Waals surface area contributed by atoms with Crippen molar-refractivity contribution in [3.63, 3.8) is 0 Å². The van der Waals surface area contributed by atoms with E-state index >= 15 is 0 Å². The van der Waals surface area contributed by atoms with Gasteiger partial charge in [0, 0.05) is 42.4 Å². The van der Waals surface area contributed by atoms with Crippen molar-refractivity contribution in [2.75, 3.05) is 0 Å². The van der Waals surface area contributed by atoms with E-state index in [0.717, 1.165) is 32.1 Å². The number of carboxylic acid groups (broad SMARTS) is 3. The van der Waals surface area contributed by atoms with E-state index in [1.807, 2.05) is 0 Å². The molecule has 0 aromatic rings. The van der Waals surface area contributed by atoms with E-state index in [9.17, 15) is 28.8 Å². The molecule has 0 heterocycles. The van der Waals surface area contributed by atoms with Crippen molar-refractivity contribution in [3.8, 4) is 0 Å². The van der Waals surface area contributed by atoms with Gasteiger partial charge in [0.25, 0.3) is 0 Å². The summed E-state index contributed by atoms with van der Waals surface area (Å²) in [6, 6.07) is -2.56. The largest absolute Gasteiger partial charge is 0.481 e. The number of nitrogens with two attached hydrogens (primary N) is 1. The molecule has 0 aliphatic heterocycles. The summed E-state index contributed by atoms with van der Waals surface area (Å²) in [5.74, 6) is -5.25. The zero-order valence-electron chi connectivity index (χ0n) is 30.9. The topological polar surface area (TPSA) is 213 Å². The molecule has 0 fully saturated rings. The second-order valence-electron chi connectivity index (χ2n) is 12.8. The van der Waals surface area contributed by atoms with Gasteiger partial charge >= 0.3 is 17.9 Å². The minimum absolute atomic E-state index is 0. The summed E-state index contributed by atoms with van der Waals surface area (Å²) in [7, 11) is 0. The molecule has 13 heteroatoms. The zero-order chi connectivity index (χ0) is 36.4. The Kier molecular flexibility index (Phi) is 38.7. The van der Waals surface area contributed by atoms with Gasteiger partial charge in [-0.05, 0) is 12.8 Å². The van der Waals surface area contributed by atoms with Gasteiger partial charge in [0.05, 0.1) is 12.8 Å². The third-order valence-corrected chi connectivity index (χ3v) is 8.07. The maximum atomic E-state index is 11.7. The number of aliphatic carboxylic acids is 3. The van der Waals surface area contributed by atoms with E-state index in [2.05, 4.69) is 24.5 Å². The average Bonchev–Trinajstić information content (AvgIpc) is 3.01. The SMILES string of the molecule is CCCCCCCCCCCCCC(=O)N[C@@H](CC(=O)O)C(=O)O.CCCCCCCCCCCCCC(=O)N[C@@H](CC(N)=O)C(=O)O.[Na]. The third kappa shape index (κ3) is 38.5. The van der Waals surface area contributed by atoms with Gasteiger partial charge in [-0.3, -0.25) is 19.2 Å². The Labute approximate surface area is 317 Å². The van der Waals surface area contributed by atoms with Crippen molar-refractivity contribution in [2.45, 2.75) is 193 Å². The van der Waals surface area contributed by atoms with Crippen molar-refractivity contribution < 1.29 is 44.1 Å². The van der Waals surface area contributed by atoms with Gasteiger partial charge in [0.1, 0.15) is 12.1 Å². The van der Waals surface area contributed by atoms with Crippen molar-refractivity contribution in [1.29, 1.82) is 0 Å². The number of hydrogen-bond donors (Lipinski definition) is 6. The van der Waals surface area contributed by atoms with Crippen LogP contribution in [-0.2, 0) is 28.8 Å². The minimum atomic E-state index is -1.34. The van der Waals surface area contributed by atoms with Crippen LogP contribution in [0.25, 0.3) is 0 Å². The molecule has 0 saturated carbocycles.